The standard InChI is InChI=1S/C21H26N2O2/c1-15-6-11-20(16(2)14-15)25-17(3)21(24)22-18-7-9-19(10-8-18)23-12-4-5-13-23/h6-11,14,17H,4-5,12-13H2,1-3H3,(H,22,24)/t17-/m1/s1. The highest BCUT2D eigenvalue weighted by Crippen LogP contribution is 2.23. The van der Waals surface area contributed by atoms with E-state index in [4.69, 9.17) is 4.74 Å². The molecule has 2 aromatic rings. The first kappa shape index (κ1) is 17.3. The number of hydrogen-bond acceptors (Lipinski definition) is 3. The van der Waals surface area contributed by atoms with Gasteiger partial charge in [0.05, 0.1) is 0 Å². The van der Waals surface area contributed by atoms with E-state index in [-0.39, 0.29) is 5.91 Å². The van der Waals surface area contributed by atoms with Gasteiger partial charge in [0.15, 0.2) is 6.10 Å². The summed E-state index contributed by atoms with van der Waals surface area (Å²) in [6, 6.07) is 14.0. The van der Waals surface area contributed by atoms with Crippen molar-refractivity contribution < 1.29 is 9.53 Å². The van der Waals surface area contributed by atoms with Crippen LogP contribution >= 0.6 is 0 Å². The lowest BCUT2D eigenvalue weighted by Crippen LogP contribution is -2.30. The number of anilines is 2. The lowest BCUT2D eigenvalue weighted by molar-refractivity contribution is -0.122. The maximum atomic E-state index is 12.4. The van der Waals surface area contributed by atoms with E-state index in [2.05, 4.69) is 28.4 Å². The molecule has 1 saturated heterocycles. The zero-order valence-electron chi connectivity index (χ0n) is 15.2. The second-order valence-electron chi connectivity index (χ2n) is 6.76. The van der Waals surface area contributed by atoms with E-state index >= 15 is 0 Å². The predicted octanol–water partition coefficient (Wildman–Crippen LogP) is 4.31. The first-order valence-corrected chi connectivity index (χ1v) is 8.93. The summed E-state index contributed by atoms with van der Waals surface area (Å²) in [6.07, 6.45) is 1.96. The summed E-state index contributed by atoms with van der Waals surface area (Å²) >= 11 is 0. The molecule has 1 N–H and O–H groups in total. The molecular weight excluding hydrogens is 312 g/mol. The van der Waals surface area contributed by atoms with Crippen LogP contribution in [0.25, 0.3) is 0 Å². The normalized spacial score (nSPS) is 15.1. The van der Waals surface area contributed by atoms with Crippen LogP contribution < -0.4 is 15.0 Å². The van der Waals surface area contributed by atoms with Crippen molar-refractivity contribution in [3.8, 4) is 5.75 Å². The van der Waals surface area contributed by atoms with Gasteiger partial charge in [-0.05, 0) is 69.5 Å². The molecule has 0 spiro atoms. The van der Waals surface area contributed by atoms with Crippen molar-refractivity contribution in [1.82, 2.24) is 0 Å². The van der Waals surface area contributed by atoms with Crippen molar-refractivity contribution in [3.05, 3.63) is 53.6 Å². The molecule has 4 nitrogen and oxygen atoms in total. The van der Waals surface area contributed by atoms with Gasteiger partial charge >= 0.3 is 0 Å². The predicted molar refractivity (Wildman–Crippen MR) is 103 cm³/mol. The van der Waals surface area contributed by atoms with Gasteiger partial charge in [0.2, 0.25) is 0 Å². The molecule has 25 heavy (non-hydrogen) atoms. The first-order valence-electron chi connectivity index (χ1n) is 8.93. The second kappa shape index (κ2) is 7.60. The zero-order valence-corrected chi connectivity index (χ0v) is 15.2. The maximum Gasteiger partial charge on any atom is 0.265 e. The lowest BCUT2D eigenvalue weighted by atomic mass is 10.1. The molecular formula is C21H26N2O2. The van der Waals surface area contributed by atoms with Crippen LogP contribution in [-0.4, -0.2) is 25.1 Å². The molecule has 1 atom stereocenters. The van der Waals surface area contributed by atoms with Gasteiger partial charge in [0.25, 0.3) is 5.91 Å². The molecule has 3 rings (SSSR count). The fraction of sp³-hybridized carbons (Fsp3) is 0.381. The van der Waals surface area contributed by atoms with Gasteiger partial charge in [0.1, 0.15) is 5.75 Å². The Labute approximate surface area is 149 Å². The SMILES string of the molecule is Cc1ccc(O[C@H](C)C(=O)Nc2ccc(N3CCCC3)cc2)c(C)c1. The highest BCUT2D eigenvalue weighted by Gasteiger charge is 2.16. The molecule has 0 aromatic heterocycles. The van der Waals surface area contributed by atoms with Gasteiger partial charge < -0.3 is 15.0 Å². The van der Waals surface area contributed by atoms with Crippen LogP contribution in [0.5, 0.6) is 5.75 Å². The Morgan fingerprint density at radius 1 is 1.08 bits per heavy atom. The third-order valence-corrected chi connectivity index (χ3v) is 4.61. The Bertz CT molecular complexity index is 734. The minimum atomic E-state index is -0.556. The molecule has 1 aliphatic rings. The van der Waals surface area contributed by atoms with Crippen molar-refractivity contribution in [2.75, 3.05) is 23.3 Å². The lowest BCUT2D eigenvalue weighted by Gasteiger charge is -2.19. The van der Waals surface area contributed by atoms with E-state index in [1.165, 1.54) is 24.1 Å². The van der Waals surface area contributed by atoms with Crippen molar-refractivity contribution in [3.63, 3.8) is 0 Å². The topological polar surface area (TPSA) is 41.6 Å². The average Bonchev–Trinajstić information content (AvgIpc) is 3.12. The number of amides is 1. The van der Waals surface area contributed by atoms with E-state index in [0.29, 0.717) is 0 Å². The quantitative estimate of drug-likeness (QED) is 0.883. The minimum Gasteiger partial charge on any atom is -0.481 e. The highest BCUT2D eigenvalue weighted by atomic mass is 16.5. The molecule has 132 valence electrons. The second-order valence-corrected chi connectivity index (χ2v) is 6.76. The number of nitrogens with one attached hydrogen (secondary N) is 1. The van der Waals surface area contributed by atoms with Crippen molar-refractivity contribution >= 4 is 17.3 Å². The average molecular weight is 338 g/mol. The van der Waals surface area contributed by atoms with Crippen LogP contribution in [0, 0.1) is 13.8 Å². The number of carbonyl (C=O) groups is 1. The molecule has 1 fully saturated rings. The molecule has 1 heterocycles. The maximum absolute atomic E-state index is 12.4. The van der Waals surface area contributed by atoms with Crippen LogP contribution in [0.4, 0.5) is 11.4 Å². The van der Waals surface area contributed by atoms with Crippen LogP contribution in [0.3, 0.4) is 0 Å². The Morgan fingerprint density at radius 2 is 1.76 bits per heavy atom. The third kappa shape index (κ3) is 4.32. The van der Waals surface area contributed by atoms with Gasteiger partial charge in [0, 0.05) is 24.5 Å². The van der Waals surface area contributed by atoms with Crippen LogP contribution in [0.2, 0.25) is 0 Å². The minimum absolute atomic E-state index is 0.145. The van der Waals surface area contributed by atoms with Crippen molar-refractivity contribution in [1.29, 1.82) is 0 Å². The van der Waals surface area contributed by atoms with E-state index in [1.54, 1.807) is 6.92 Å². The Morgan fingerprint density at radius 3 is 2.40 bits per heavy atom. The van der Waals surface area contributed by atoms with Gasteiger partial charge in [-0.25, -0.2) is 0 Å². The smallest absolute Gasteiger partial charge is 0.265 e. The summed E-state index contributed by atoms with van der Waals surface area (Å²) in [7, 11) is 0. The molecule has 0 saturated carbocycles. The molecule has 1 aliphatic heterocycles. The van der Waals surface area contributed by atoms with E-state index in [9.17, 15) is 4.79 Å². The van der Waals surface area contributed by atoms with Crippen LogP contribution in [-0.2, 0) is 4.79 Å². The summed E-state index contributed by atoms with van der Waals surface area (Å²) in [4.78, 5) is 14.8. The number of nitrogens with zero attached hydrogens (tertiary/aromatic N) is 1. The summed E-state index contributed by atoms with van der Waals surface area (Å²) in [6.45, 7) is 8.04. The number of ether oxygens (including phenoxy) is 1. The Balaban J connectivity index is 1.59. The van der Waals surface area contributed by atoms with Crippen molar-refractivity contribution in [2.24, 2.45) is 0 Å². The summed E-state index contributed by atoms with van der Waals surface area (Å²) in [5.41, 5.74) is 4.23. The summed E-state index contributed by atoms with van der Waals surface area (Å²) < 4.78 is 5.82. The fourth-order valence-electron chi connectivity index (χ4n) is 3.15. The Kier molecular flexibility index (Phi) is 5.27. The monoisotopic (exact) mass is 338 g/mol. The molecule has 0 radical (unpaired) electrons. The van der Waals surface area contributed by atoms with Crippen LogP contribution in [0.15, 0.2) is 42.5 Å². The zero-order chi connectivity index (χ0) is 17.8. The fourth-order valence-corrected chi connectivity index (χ4v) is 3.15. The van der Waals surface area contributed by atoms with Gasteiger partial charge in [-0.2, -0.15) is 0 Å². The Hall–Kier alpha value is -2.49. The molecule has 0 bridgehead atoms. The van der Waals surface area contributed by atoms with E-state index < -0.39 is 6.10 Å². The van der Waals surface area contributed by atoms with Gasteiger partial charge in [-0.1, -0.05) is 17.7 Å². The molecule has 1 amide bonds. The molecule has 0 aliphatic carbocycles. The highest BCUT2D eigenvalue weighted by molar-refractivity contribution is 5.94. The van der Waals surface area contributed by atoms with Gasteiger partial charge in [-0.3, -0.25) is 4.79 Å². The number of hydrogen-bond donors (Lipinski definition) is 1. The van der Waals surface area contributed by atoms with Gasteiger partial charge in [-0.15, -0.1) is 0 Å². The number of aryl methyl sites for hydroxylation is 2. The first-order chi connectivity index (χ1) is 12.0. The van der Waals surface area contributed by atoms with E-state index in [1.807, 2.05) is 38.1 Å². The summed E-state index contributed by atoms with van der Waals surface area (Å²) in [5.74, 6) is 0.603. The van der Waals surface area contributed by atoms with Crippen LogP contribution in [0.1, 0.15) is 30.9 Å². The summed E-state index contributed by atoms with van der Waals surface area (Å²) in [5, 5.41) is 2.93. The molecule has 0 unspecified atom stereocenters. The number of rotatable bonds is 5. The van der Waals surface area contributed by atoms with E-state index in [0.717, 1.165) is 30.1 Å². The largest absolute Gasteiger partial charge is 0.481 e. The van der Waals surface area contributed by atoms with Crippen molar-refractivity contribution in [2.45, 2.75) is 39.7 Å². The number of carbonyl (C=O) groups excluding carboxylic acids is 1. The molecule has 2 aromatic carbocycles. The molecule has 4 heteroatoms. The number of benzene rings is 2. The third-order valence-electron chi connectivity index (χ3n) is 4.61.